The van der Waals surface area contributed by atoms with Gasteiger partial charge in [-0.15, -0.1) is 11.8 Å². The molecule has 0 aliphatic carbocycles. The highest BCUT2D eigenvalue weighted by atomic mass is 35.5. The molecule has 0 saturated carbocycles. The van der Waals surface area contributed by atoms with Crippen LogP contribution in [-0.4, -0.2) is 53.5 Å². The normalized spacial score (nSPS) is 18.6. The Labute approximate surface area is 214 Å². The molecule has 35 heavy (non-hydrogen) atoms. The zero-order valence-electron chi connectivity index (χ0n) is 19.8. The van der Waals surface area contributed by atoms with E-state index in [-0.39, 0.29) is 17.7 Å². The van der Waals surface area contributed by atoms with E-state index in [1.807, 2.05) is 24.3 Å². The fraction of sp³-hybridized carbons (Fsp3) is 0.407. The van der Waals surface area contributed by atoms with E-state index in [9.17, 15) is 14.3 Å². The van der Waals surface area contributed by atoms with Crippen molar-refractivity contribution >= 4 is 40.2 Å². The van der Waals surface area contributed by atoms with Gasteiger partial charge in [0, 0.05) is 35.3 Å². The number of nitrogens with zero attached hydrogens (tertiary/aromatic N) is 2. The summed E-state index contributed by atoms with van der Waals surface area (Å²) in [6.45, 7) is 2.23. The summed E-state index contributed by atoms with van der Waals surface area (Å²) in [5.41, 5.74) is 1.91. The predicted molar refractivity (Wildman–Crippen MR) is 139 cm³/mol. The number of methoxy groups -OCH3 is 1. The predicted octanol–water partition coefficient (Wildman–Crippen LogP) is 6.17. The second-order valence-electron chi connectivity index (χ2n) is 8.96. The van der Waals surface area contributed by atoms with Crippen LogP contribution < -0.4 is 4.74 Å². The van der Waals surface area contributed by atoms with Crippen molar-refractivity contribution in [1.82, 2.24) is 9.88 Å². The molecule has 186 valence electrons. The molecule has 1 N–H and O–H groups in total. The smallest absolute Gasteiger partial charge is 0.308 e. The fourth-order valence-corrected chi connectivity index (χ4v) is 6.07. The van der Waals surface area contributed by atoms with Crippen LogP contribution in [0.1, 0.15) is 24.8 Å². The Bertz CT molecular complexity index is 1180. The van der Waals surface area contributed by atoms with Gasteiger partial charge in [0.1, 0.15) is 11.6 Å². The van der Waals surface area contributed by atoms with Crippen LogP contribution >= 0.6 is 23.4 Å². The summed E-state index contributed by atoms with van der Waals surface area (Å²) in [4.78, 5) is 19.6. The monoisotopic (exact) mass is 516 g/mol. The van der Waals surface area contributed by atoms with E-state index in [0.717, 1.165) is 71.6 Å². The Morgan fingerprint density at radius 2 is 2.17 bits per heavy atom. The fourth-order valence-electron chi connectivity index (χ4n) is 4.87. The molecule has 2 aromatic carbocycles. The second-order valence-corrected chi connectivity index (χ2v) is 10.5. The molecule has 0 spiro atoms. The van der Waals surface area contributed by atoms with Gasteiger partial charge in [0.25, 0.3) is 0 Å². The number of piperidine rings is 1. The summed E-state index contributed by atoms with van der Waals surface area (Å²) in [5, 5.41) is 11.5. The molecule has 0 radical (unpaired) electrons. The van der Waals surface area contributed by atoms with Crippen LogP contribution in [0.3, 0.4) is 0 Å². The third-order valence-electron chi connectivity index (χ3n) is 6.77. The number of hydrogen-bond donors (Lipinski definition) is 1. The number of halogens is 2. The van der Waals surface area contributed by atoms with E-state index in [0.29, 0.717) is 11.6 Å². The first kappa shape index (κ1) is 25.7. The van der Waals surface area contributed by atoms with E-state index < -0.39 is 5.97 Å². The minimum Gasteiger partial charge on any atom is -0.497 e. The summed E-state index contributed by atoms with van der Waals surface area (Å²) in [7, 11) is 1.64. The maximum Gasteiger partial charge on any atom is 0.308 e. The second kappa shape index (κ2) is 12.1. The topological polar surface area (TPSA) is 62.7 Å². The van der Waals surface area contributed by atoms with Crippen molar-refractivity contribution in [3.63, 3.8) is 0 Å². The molecule has 1 aliphatic rings. The Hall–Kier alpha value is -2.35. The first-order valence-electron chi connectivity index (χ1n) is 11.9. The molecule has 1 saturated heterocycles. The van der Waals surface area contributed by atoms with Gasteiger partial charge in [0.2, 0.25) is 0 Å². The average molecular weight is 517 g/mol. The van der Waals surface area contributed by atoms with Gasteiger partial charge in [-0.2, -0.15) is 0 Å². The highest BCUT2D eigenvalue weighted by molar-refractivity contribution is 7.99. The summed E-state index contributed by atoms with van der Waals surface area (Å²) in [6.07, 6.45) is 5.01. The minimum atomic E-state index is -0.727. The highest BCUT2D eigenvalue weighted by Gasteiger charge is 2.33. The van der Waals surface area contributed by atoms with Gasteiger partial charge in [0.05, 0.1) is 23.6 Å². The zero-order chi connectivity index (χ0) is 24.8. The molecule has 2 heterocycles. The number of thioether (sulfide) groups is 1. The van der Waals surface area contributed by atoms with Crippen LogP contribution in [0.5, 0.6) is 5.75 Å². The third kappa shape index (κ3) is 6.66. The Morgan fingerprint density at radius 3 is 2.94 bits per heavy atom. The molecule has 4 rings (SSSR count). The molecular weight excluding hydrogens is 487 g/mol. The number of aliphatic carboxylic acids is 1. The molecule has 5 nitrogen and oxygen atoms in total. The number of likely N-dealkylation sites (tertiary alicyclic amines) is 1. The summed E-state index contributed by atoms with van der Waals surface area (Å²) in [5.74, 6) is 0.360. The lowest BCUT2D eigenvalue weighted by Crippen LogP contribution is -2.44. The molecule has 2 atom stereocenters. The molecule has 2 unspecified atom stereocenters. The van der Waals surface area contributed by atoms with E-state index in [4.69, 9.17) is 16.3 Å². The van der Waals surface area contributed by atoms with Crippen LogP contribution in [0.15, 0.2) is 53.6 Å². The van der Waals surface area contributed by atoms with Gasteiger partial charge in [-0.1, -0.05) is 17.7 Å². The third-order valence-corrected chi connectivity index (χ3v) is 8.07. The molecular formula is C27H30ClFN2O3S. The number of benzene rings is 2. The molecule has 1 aromatic heterocycles. The number of aryl methyl sites for hydroxylation is 1. The van der Waals surface area contributed by atoms with Crippen LogP contribution in [0.4, 0.5) is 4.39 Å². The highest BCUT2D eigenvalue weighted by Crippen LogP contribution is 2.32. The minimum absolute atomic E-state index is 0.140. The number of carbonyl (C=O) groups is 1. The number of carboxylic acid groups (broad SMARTS) is 1. The number of hydrogen-bond acceptors (Lipinski definition) is 5. The standard InChI is InChI=1S/C27H30ClFN2O3S/c1-34-20-8-9-26-23(15-20)22(25(28)16-30-26)7-2-4-18-10-11-31(17-24(18)27(32)33)12-13-35-21-6-3-5-19(29)14-21/h3,5-6,8-9,14-16,18,24H,2,4,7,10-13,17H2,1H3,(H,32,33). The average Bonchev–Trinajstić information content (AvgIpc) is 2.85. The van der Waals surface area contributed by atoms with Crippen LogP contribution in [0.2, 0.25) is 5.02 Å². The first-order chi connectivity index (χ1) is 16.9. The van der Waals surface area contributed by atoms with Gasteiger partial charge in [-0.05, 0) is 80.1 Å². The van der Waals surface area contributed by atoms with Gasteiger partial charge < -0.3 is 14.7 Å². The van der Waals surface area contributed by atoms with Crippen LogP contribution in [0.25, 0.3) is 10.9 Å². The number of ether oxygens (including phenoxy) is 1. The van der Waals surface area contributed by atoms with E-state index in [1.165, 1.54) is 12.1 Å². The maximum absolute atomic E-state index is 13.4. The van der Waals surface area contributed by atoms with Crippen molar-refractivity contribution in [1.29, 1.82) is 0 Å². The van der Waals surface area contributed by atoms with E-state index in [2.05, 4.69) is 9.88 Å². The molecule has 0 bridgehead atoms. The van der Waals surface area contributed by atoms with Crippen molar-refractivity contribution in [2.75, 3.05) is 32.5 Å². The molecule has 1 aliphatic heterocycles. The first-order valence-corrected chi connectivity index (χ1v) is 13.3. The lowest BCUT2D eigenvalue weighted by atomic mass is 9.81. The number of aromatic nitrogens is 1. The van der Waals surface area contributed by atoms with Gasteiger partial charge in [-0.3, -0.25) is 9.78 Å². The van der Waals surface area contributed by atoms with Crippen molar-refractivity contribution in [3.8, 4) is 5.75 Å². The lowest BCUT2D eigenvalue weighted by Gasteiger charge is -2.36. The summed E-state index contributed by atoms with van der Waals surface area (Å²) >= 11 is 8.09. The van der Waals surface area contributed by atoms with Gasteiger partial charge in [-0.25, -0.2) is 4.39 Å². The SMILES string of the molecule is COc1ccc2ncc(Cl)c(CCCC3CCN(CCSc4cccc(F)c4)CC3C(=O)O)c2c1. The molecule has 0 amide bonds. The van der Waals surface area contributed by atoms with E-state index >= 15 is 0 Å². The summed E-state index contributed by atoms with van der Waals surface area (Å²) in [6, 6.07) is 12.4. The molecule has 3 aromatic rings. The number of pyridine rings is 1. The quantitative estimate of drug-likeness (QED) is 0.325. The number of fused-ring (bicyclic) bond motifs is 1. The van der Waals surface area contributed by atoms with Gasteiger partial charge in [0.15, 0.2) is 0 Å². The maximum atomic E-state index is 13.4. The van der Waals surface area contributed by atoms with Crippen LogP contribution in [0, 0.1) is 17.7 Å². The largest absolute Gasteiger partial charge is 0.497 e. The van der Waals surface area contributed by atoms with Crippen molar-refractivity contribution in [3.05, 3.63) is 65.1 Å². The van der Waals surface area contributed by atoms with E-state index in [1.54, 1.807) is 31.1 Å². The van der Waals surface area contributed by atoms with Crippen LogP contribution in [-0.2, 0) is 11.2 Å². The van der Waals surface area contributed by atoms with Crippen molar-refractivity contribution in [2.45, 2.75) is 30.6 Å². The molecule has 1 fully saturated rings. The summed E-state index contributed by atoms with van der Waals surface area (Å²) < 4.78 is 18.7. The number of carboxylic acids is 1. The Kier molecular flexibility index (Phi) is 8.87. The Morgan fingerprint density at radius 1 is 1.31 bits per heavy atom. The van der Waals surface area contributed by atoms with Crippen molar-refractivity contribution in [2.24, 2.45) is 11.8 Å². The number of rotatable bonds is 10. The van der Waals surface area contributed by atoms with Crippen molar-refractivity contribution < 1.29 is 19.0 Å². The lowest BCUT2D eigenvalue weighted by molar-refractivity contribution is -0.146. The zero-order valence-corrected chi connectivity index (χ0v) is 21.3. The van der Waals surface area contributed by atoms with Gasteiger partial charge >= 0.3 is 5.97 Å². The Balaban J connectivity index is 1.32. The molecule has 8 heteroatoms.